The van der Waals surface area contributed by atoms with Crippen LogP contribution in [0.5, 0.6) is 5.75 Å². The van der Waals surface area contributed by atoms with E-state index in [4.69, 9.17) is 4.74 Å². The third-order valence-corrected chi connectivity index (χ3v) is 4.36. The molecule has 0 aliphatic carbocycles. The van der Waals surface area contributed by atoms with Crippen LogP contribution in [0.2, 0.25) is 0 Å². The molecule has 0 amide bonds. The van der Waals surface area contributed by atoms with Gasteiger partial charge in [-0.25, -0.2) is 8.42 Å². The predicted octanol–water partition coefficient (Wildman–Crippen LogP) is 1.67. The van der Waals surface area contributed by atoms with Gasteiger partial charge < -0.3 is 15.4 Å². The van der Waals surface area contributed by atoms with Crippen molar-refractivity contribution in [2.45, 2.75) is 33.2 Å². The lowest BCUT2D eigenvalue weighted by molar-refractivity contribution is 0.321. The van der Waals surface area contributed by atoms with E-state index in [1.807, 2.05) is 32.9 Å². The molecule has 0 bridgehead atoms. The largest absolute Gasteiger partial charge is 0.492 e. The molecule has 0 aromatic heterocycles. The van der Waals surface area contributed by atoms with Crippen molar-refractivity contribution in [2.75, 3.05) is 32.2 Å². The summed E-state index contributed by atoms with van der Waals surface area (Å²) >= 11 is 0. The summed E-state index contributed by atoms with van der Waals surface area (Å²) in [5, 5.41) is 6.34. The molecule has 136 valence electrons. The number of aliphatic imine (C=N–C) groups is 1. The maximum absolute atomic E-state index is 11.2. The number of rotatable bonds is 8. The van der Waals surface area contributed by atoms with Crippen LogP contribution >= 0.6 is 0 Å². The van der Waals surface area contributed by atoms with E-state index in [9.17, 15) is 8.42 Å². The summed E-state index contributed by atoms with van der Waals surface area (Å²) < 4.78 is 28.1. The van der Waals surface area contributed by atoms with Gasteiger partial charge in [-0.3, -0.25) is 4.99 Å². The minimum absolute atomic E-state index is 0.0197. The number of benzene rings is 1. The van der Waals surface area contributed by atoms with Crippen LogP contribution in [-0.4, -0.2) is 52.6 Å². The molecule has 2 N–H and O–H groups in total. The average molecular weight is 356 g/mol. The van der Waals surface area contributed by atoms with Gasteiger partial charge in [0.25, 0.3) is 0 Å². The summed E-state index contributed by atoms with van der Waals surface area (Å²) in [6.07, 6.45) is 1.79. The van der Waals surface area contributed by atoms with Gasteiger partial charge in [-0.1, -0.05) is 6.07 Å². The van der Waals surface area contributed by atoms with Gasteiger partial charge in [0.05, 0.1) is 12.3 Å². The van der Waals surface area contributed by atoms with E-state index >= 15 is 0 Å². The lowest BCUT2D eigenvalue weighted by atomic mass is 10.1. The van der Waals surface area contributed by atoms with Crippen molar-refractivity contribution in [1.29, 1.82) is 0 Å². The Kier molecular flexibility index (Phi) is 8.04. The molecule has 1 aromatic rings. The molecule has 0 spiro atoms. The summed E-state index contributed by atoms with van der Waals surface area (Å²) in [6, 6.07) is 6.14. The van der Waals surface area contributed by atoms with Crippen LogP contribution in [0, 0.1) is 13.8 Å². The van der Waals surface area contributed by atoms with Crippen molar-refractivity contribution in [3.63, 3.8) is 0 Å². The Bertz CT molecular complexity index is 637. The van der Waals surface area contributed by atoms with E-state index in [1.54, 1.807) is 7.05 Å². The first-order chi connectivity index (χ1) is 11.2. The Morgan fingerprint density at radius 3 is 2.42 bits per heavy atom. The first-order valence-corrected chi connectivity index (χ1v) is 10.1. The van der Waals surface area contributed by atoms with Crippen LogP contribution in [-0.2, 0) is 9.84 Å². The third kappa shape index (κ3) is 8.76. The number of aryl methyl sites for hydroxylation is 2. The highest BCUT2D eigenvalue weighted by Gasteiger charge is 2.09. The fourth-order valence-electron chi connectivity index (χ4n) is 2.25. The van der Waals surface area contributed by atoms with Crippen LogP contribution < -0.4 is 15.4 Å². The Labute approximate surface area is 145 Å². The number of hydrogen-bond acceptors (Lipinski definition) is 4. The van der Waals surface area contributed by atoms with Crippen molar-refractivity contribution in [2.24, 2.45) is 4.99 Å². The molecule has 0 saturated heterocycles. The van der Waals surface area contributed by atoms with E-state index in [2.05, 4.69) is 21.7 Å². The van der Waals surface area contributed by atoms with Gasteiger partial charge in [0, 0.05) is 19.3 Å². The highest BCUT2D eigenvalue weighted by atomic mass is 32.2. The third-order valence-electron chi connectivity index (χ3n) is 3.39. The Balaban J connectivity index is 2.33. The van der Waals surface area contributed by atoms with E-state index in [-0.39, 0.29) is 11.8 Å². The number of hydrogen-bond donors (Lipinski definition) is 2. The molecule has 0 radical (unpaired) electrons. The van der Waals surface area contributed by atoms with Gasteiger partial charge in [0.1, 0.15) is 22.2 Å². The van der Waals surface area contributed by atoms with E-state index in [0.29, 0.717) is 25.5 Å². The highest BCUT2D eigenvalue weighted by molar-refractivity contribution is 7.90. The van der Waals surface area contributed by atoms with Crippen LogP contribution in [0.25, 0.3) is 0 Å². The van der Waals surface area contributed by atoms with Crippen LogP contribution in [0.1, 0.15) is 24.5 Å². The summed E-state index contributed by atoms with van der Waals surface area (Å²) in [5.74, 6) is 1.66. The smallest absolute Gasteiger partial charge is 0.191 e. The molecule has 0 aliphatic rings. The zero-order valence-corrected chi connectivity index (χ0v) is 16.0. The second kappa shape index (κ2) is 9.52. The van der Waals surface area contributed by atoms with E-state index < -0.39 is 9.84 Å². The standard InChI is InChI=1S/C17H29N3O3S/c1-13-10-14(2)12-16(11-13)23-8-7-19-17(18-4)20-15(3)6-9-24(5,21)22/h10-12,15H,6-9H2,1-5H3,(H2,18,19,20). The van der Waals surface area contributed by atoms with Crippen molar-refractivity contribution in [3.8, 4) is 5.75 Å². The summed E-state index contributed by atoms with van der Waals surface area (Å²) in [7, 11) is -1.26. The van der Waals surface area contributed by atoms with Gasteiger partial charge >= 0.3 is 0 Å². The molecule has 24 heavy (non-hydrogen) atoms. The number of nitrogens with one attached hydrogen (secondary N) is 2. The molecule has 6 nitrogen and oxygen atoms in total. The first kappa shape index (κ1) is 20.3. The van der Waals surface area contributed by atoms with Crippen LogP contribution in [0.3, 0.4) is 0 Å². The fourth-order valence-corrected chi connectivity index (χ4v) is 3.03. The summed E-state index contributed by atoms with van der Waals surface area (Å²) in [4.78, 5) is 4.13. The predicted molar refractivity (Wildman–Crippen MR) is 99.7 cm³/mol. The summed E-state index contributed by atoms with van der Waals surface area (Å²) in [5.41, 5.74) is 2.35. The molecule has 1 rings (SSSR count). The molecule has 1 atom stereocenters. The lowest BCUT2D eigenvalue weighted by Crippen LogP contribution is -2.44. The Morgan fingerprint density at radius 1 is 1.25 bits per heavy atom. The first-order valence-electron chi connectivity index (χ1n) is 8.05. The maximum Gasteiger partial charge on any atom is 0.191 e. The van der Waals surface area contributed by atoms with Crippen LogP contribution in [0.4, 0.5) is 0 Å². The normalized spacial score (nSPS) is 13.5. The molecule has 1 unspecified atom stereocenters. The quantitative estimate of drug-likeness (QED) is 0.421. The second-order valence-corrected chi connectivity index (χ2v) is 8.39. The molecule has 1 aromatic carbocycles. The average Bonchev–Trinajstić information content (AvgIpc) is 2.46. The fraction of sp³-hybridized carbons (Fsp3) is 0.588. The topological polar surface area (TPSA) is 79.8 Å². The van der Waals surface area contributed by atoms with Gasteiger partial charge in [-0.05, 0) is 50.5 Å². The zero-order valence-electron chi connectivity index (χ0n) is 15.2. The molecule has 7 heteroatoms. The Hall–Kier alpha value is -1.76. The summed E-state index contributed by atoms with van der Waals surface area (Å²) in [6.45, 7) is 7.14. The molecular weight excluding hydrogens is 326 g/mol. The molecule has 0 aliphatic heterocycles. The van der Waals surface area contributed by atoms with E-state index in [1.165, 1.54) is 17.4 Å². The molecular formula is C17H29N3O3S. The molecule has 0 saturated carbocycles. The van der Waals surface area contributed by atoms with E-state index in [0.717, 1.165) is 5.75 Å². The minimum atomic E-state index is -2.94. The van der Waals surface area contributed by atoms with Gasteiger partial charge in [0.2, 0.25) is 0 Å². The minimum Gasteiger partial charge on any atom is -0.492 e. The van der Waals surface area contributed by atoms with Crippen molar-refractivity contribution >= 4 is 15.8 Å². The number of sulfone groups is 1. The molecule has 0 fully saturated rings. The number of ether oxygens (including phenoxy) is 1. The number of guanidine groups is 1. The maximum atomic E-state index is 11.2. The second-order valence-electron chi connectivity index (χ2n) is 6.13. The van der Waals surface area contributed by atoms with Crippen molar-refractivity contribution < 1.29 is 13.2 Å². The van der Waals surface area contributed by atoms with Gasteiger partial charge in [-0.15, -0.1) is 0 Å². The highest BCUT2D eigenvalue weighted by Crippen LogP contribution is 2.15. The van der Waals surface area contributed by atoms with Gasteiger partial charge in [0.15, 0.2) is 5.96 Å². The Morgan fingerprint density at radius 2 is 1.88 bits per heavy atom. The van der Waals surface area contributed by atoms with Crippen LogP contribution in [0.15, 0.2) is 23.2 Å². The SMILES string of the molecule is CN=C(NCCOc1cc(C)cc(C)c1)NC(C)CCS(C)(=O)=O. The van der Waals surface area contributed by atoms with Crippen molar-refractivity contribution in [1.82, 2.24) is 10.6 Å². The van der Waals surface area contributed by atoms with Gasteiger partial charge in [-0.2, -0.15) is 0 Å². The zero-order chi connectivity index (χ0) is 18.2. The van der Waals surface area contributed by atoms with Crippen molar-refractivity contribution in [3.05, 3.63) is 29.3 Å². The molecule has 0 heterocycles. The number of nitrogens with zero attached hydrogens (tertiary/aromatic N) is 1. The lowest BCUT2D eigenvalue weighted by Gasteiger charge is -2.17. The monoisotopic (exact) mass is 355 g/mol.